The van der Waals surface area contributed by atoms with E-state index >= 15 is 0 Å². The second kappa shape index (κ2) is 3.59. The van der Waals surface area contributed by atoms with Gasteiger partial charge in [-0.05, 0) is 12.1 Å². The highest BCUT2D eigenvalue weighted by Crippen LogP contribution is 2.26. The van der Waals surface area contributed by atoms with Crippen molar-refractivity contribution < 1.29 is 5.11 Å². The van der Waals surface area contributed by atoms with Crippen LogP contribution in [0.15, 0.2) is 37.3 Å². The molecule has 2 aromatic rings. The predicted octanol–water partition coefficient (Wildman–Crippen LogP) is 2.73. The van der Waals surface area contributed by atoms with E-state index in [0.717, 1.165) is 10.6 Å². The summed E-state index contributed by atoms with van der Waals surface area (Å²) >= 11 is 1.39. The van der Waals surface area contributed by atoms with E-state index in [1.165, 1.54) is 11.3 Å². The number of thiazole rings is 1. The molecule has 0 aliphatic heterocycles. The molecule has 0 unspecified atom stereocenters. The molecule has 2 rings (SSSR count). The number of rotatable bonds is 2. The molecule has 14 heavy (non-hydrogen) atoms. The van der Waals surface area contributed by atoms with E-state index < -0.39 is 0 Å². The van der Waals surface area contributed by atoms with Crippen LogP contribution < -0.4 is 0 Å². The molecule has 0 aromatic carbocycles. The van der Waals surface area contributed by atoms with Crippen LogP contribution in [-0.2, 0) is 0 Å². The molecule has 0 amide bonds. The first-order valence-corrected chi connectivity index (χ1v) is 4.83. The molecule has 2 heterocycles. The van der Waals surface area contributed by atoms with E-state index in [9.17, 15) is 0 Å². The van der Waals surface area contributed by atoms with Crippen molar-refractivity contribution in [2.45, 2.75) is 0 Å². The number of aromatic nitrogens is 2. The van der Waals surface area contributed by atoms with E-state index in [1.807, 2.05) is 12.1 Å². The van der Waals surface area contributed by atoms with Gasteiger partial charge in [-0.3, -0.25) is 4.98 Å². The lowest BCUT2D eigenvalue weighted by Crippen LogP contribution is -1.75. The van der Waals surface area contributed by atoms with Gasteiger partial charge in [0.25, 0.3) is 0 Å². The van der Waals surface area contributed by atoms with Crippen LogP contribution in [0.25, 0.3) is 16.3 Å². The van der Waals surface area contributed by atoms with Gasteiger partial charge < -0.3 is 5.11 Å². The molecule has 3 nitrogen and oxygen atoms in total. The van der Waals surface area contributed by atoms with Gasteiger partial charge in [0.2, 0.25) is 0 Å². The van der Waals surface area contributed by atoms with Crippen LogP contribution in [0.3, 0.4) is 0 Å². The topological polar surface area (TPSA) is 46.0 Å². The summed E-state index contributed by atoms with van der Waals surface area (Å²) in [6, 6.07) is 3.78. The molecule has 0 atom stereocenters. The lowest BCUT2D eigenvalue weighted by atomic mass is 10.3. The van der Waals surface area contributed by atoms with Crippen LogP contribution in [0.2, 0.25) is 0 Å². The van der Waals surface area contributed by atoms with E-state index in [4.69, 9.17) is 5.11 Å². The molecule has 0 radical (unpaired) electrons. The molecule has 0 aliphatic rings. The second-order valence-corrected chi connectivity index (χ2v) is 3.75. The molecule has 0 spiro atoms. The number of pyridine rings is 1. The van der Waals surface area contributed by atoms with E-state index in [2.05, 4.69) is 16.5 Å². The van der Waals surface area contributed by atoms with Crippen molar-refractivity contribution in [1.29, 1.82) is 0 Å². The number of nitrogens with zero attached hydrogens (tertiary/aromatic N) is 2. The Morgan fingerprint density at radius 3 is 2.86 bits per heavy atom. The van der Waals surface area contributed by atoms with Crippen molar-refractivity contribution in [3.63, 3.8) is 0 Å². The number of aliphatic hydroxyl groups excluding tert-OH is 1. The fourth-order valence-corrected chi connectivity index (χ4v) is 1.81. The Balaban J connectivity index is 2.39. The van der Waals surface area contributed by atoms with E-state index in [1.54, 1.807) is 18.6 Å². The normalized spacial score (nSPS) is 10.0. The molecule has 0 fully saturated rings. The van der Waals surface area contributed by atoms with E-state index in [0.29, 0.717) is 4.88 Å². The van der Waals surface area contributed by atoms with Crippen LogP contribution in [0, 0.1) is 0 Å². The quantitative estimate of drug-likeness (QED) is 0.765. The van der Waals surface area contributed by atoms with Crippen molar-refractivity contribution in [3.8, 4) is 10.6 Å². The Hall–Kier alpha value is -1.68. The lowest BCUT2D eigenvalue weighted by Gasteiger charge is -1.92. The third-order valence-corrected chi connectivity index (χ3v) is 2.79. The summed E-state index contributed by atoms with van der Waals surface area (Å²) < 4.78 is 0. The monoisotopic (exact) mass is 204 g/mol. The molecule has 1 N–H and O–H groups in total. The van der Waals surface area contributed by atoms with E-state index in [-0.39, 0.29) is 5.76 Å². The molecule has 0 aliphatic carbocycles. The van der Waals surface area contributed by atoms with Crippen molar-refractivity contribution in [2.75, 3.05) is 0 Å². The molecule has 2 aromatic heterocycles. The van der Waals surface area contributed by atoms with Crippen molar-refractivity contribution >= 4 is 17.1 Å². The van der Waals surface area contributed by atoms with Gasteiger partial charge >= 0.3 is 0 Å². The van der Waals surface area contributed by atoms with Crippen LogP contribution in [0.4, 0.5) is 0 Å². The van der Waals surface area contributed by atoms with Crippen molar-refractivity contribution in [2.24, 2.45) is 0 Å². The number of hydrogen-bond acceptors (Lipinski definition) is 4. The first-order valence-electron chi connectivity index (χ1n) is 4.02. The highest BCUT2D eigenvalue weighted by atomic mass is 32.1. The second-order valence-electron chi connectivity index (χ2n) is 2.72. The van der Waals surface area contributed by atoms with Crippen LogP contribution in [0.1, 0.15) is 4.88 Å². The summed E-state index contributed by atoms with van der Waals surface area (Å²) in [6.45, 7) is 3.44. The summed E-state index contributed by atoms with van der Waals surface area (Å²) in [5, 5.41) is 9.98. The maximum absolute atomic E-state index is 9.14. The summed E-state index contributed by atoms with van der Waals surface area (Å²) in [5.74, 6) is 0.0534. The van der Waals surface area contributed by atoms with Gasteiger partial charge in [0, 0.05) is 24.2 Å². The summed E-state index contributed by atoms with van der Waals surface area (Å²) in [5.41, 5.74) is 0.949. The molecule has 0 saturated heterocycles. The maximum atomic E-state index is 9.14. The highest BCUT2D eigenvalue weighted by molar-refractivity contribution is 7.16. The smallest absolute Gasteiger partial charge is 0.127 e. The van der Waals surface area contributed by atoms with Gasteiger partial charge in [-0.2, -0.15) is 0 Å². The maximum Gasteiger partial charge on any atom is 0.127 e. The molecular formula is C10H8N2OS. The van der Waals surface area contributed by atoms with Crippen LogP contribution in [-0.4, -0.2) is 15.1 Å². The van der Waals surface area contributed by atoms with Gasteiger partial charge in [-0.25, -0.2) is 4.98 Å². The predicted molar refractivity (Wildman–Crippen MR) is 57.0 cm³/mol. The Kier molecular flexibility index (Phi) is 2.28. The Morgan fingerprint density at radius 1 is 1.43 bits per heavy atom. The summed E-state index contributed by atoms with van der Waals surface area (Å²) in [6.07, 6.45) is 5.06. The fraction of sp³-hybridized carbons (Fsp3) is 0. The first kappa shape index (κ1) is 8.90. The van der Waals surface area contributed by atoms with Crippen molar-refractivity contribution in [3.05, 3.63) is 42.2 Å². The fourth-order valence-electron chi connectivity index (χ4n) is 1.03. The zero-order valence-electron chi connectivity index (χ0n) is 7.34. The van der Waals surface area contributed by atoms with Gasteiger partial charge in [0.15, 0.2) is 0 Å². The van der Waals surface area contributed by atoms with Gasteiger partial charge in [0.1, 0.15) is 10.8 Å². The molecular weight excluding hydrogens is 196 g/mol. The Bertz CT molecular complexity index is 450. The number of hydrogen-bond donors (Lipinski definition) is 1. The lowest BCUT2D eigenvalue weighted by molar-refractivity contribution is 0.515. The third-order valence-electron chi connectivity index (χ3n) is 1.70. The van der Waals surface area contributed by atoms with Crippen LogP contribution in [0.5, 0.6) is 0 Å². The minimum atomic E-state index is 0.0534. The van der Waals surface area contributed by atoms with Gasteiger partial charge in [0.05, 0.1) is 4.88 Å². The number of aliphatic hydroxyl groups is 1. The molecule has 4 heteroatoms. The highest BCUT2D eigenvalue weighted by Gasteiger charge is 2.05. The minimum Gasteiger partial charge on any atom is -0.507 e. The molecule has 0 saturated carbocycles. The zero-order valence-corrected chi connectivity index (χ0v) is 8.16. The average molecular weight is 204 g/mol. The minimum absolute atomic E-state index is 0.0534. The zero-order chi connectivity index (χ0) is 9.97. The van der Waals surface area contributed by atoms with Crippen LogP contribution >= 0.6 is 11.3 Å². The van der Waals surface area contributed by atoms with Gasteiger partial charge in [-0.1, -0.05) is 6.58 Å². The summed E-state index contributed by atoms with van der Waals surface area (Å²) in [4.78, 5) is 8.85. The third kappa shape index (κ3) is 1.65. The molecule has 70 valence electrons. The van der Waals surface area contributed by atoms with Crippen molar-refractivity contribution in [1.82, 2.24) is 9.97 Å². The molecule has 0 bridgehead atoms. The average Bonchev–Trinajstić information content (AvgIpc) is 2.68. The largest absolute Gasteiger partial charge is 0.507 e. The summed E-state index contributed by atoms with van der Waals surface area (Å²) in [7, 11) is 0. The van der Waals surface area contributed by atoms with Gasteiger partial charge in [-0.15, -0.1) is 11.3 Å². The Morgan fingerprint density at radius 2 is 2.29 bits per heavy atom. The SMILES string of the molecule is C=C(O)c1cnc(-c2cccnc2)s1. The first-order chi connectivity index (χ1) is 6.77. The standard InChI is InChI=1S/C10H8N2OS/c1-7(13)9-6-12-10(14-9)8-3-2-4-11-5-8/h2-6,13H,1H2. The Labute approximate surface area is 85.4 Å².